The largest absolute Gasteiger partial charge is 0.497 e. The van der Waals surface area contributed by atoms with E-state index in [2.05, 4.69) is 15.9 Å². The van der Waals surface area contributed by atoms with Crippen molar-refractivity contribution in [3.63, 3.8) is 0 Å². The highest BCUT2D eigenvalue weighted by Gasteiger charge is 2.20. The van der Waals surface area contributed by atoms with Gasteiger partial charge in [0.05, 0.1) is 25.0 Å². The third kappa shape index (κ3) is 3.64. The third-order valence-electron chi connectivity index (χ3n) is 3.33. The van der Waals surface area contributed by atoms with Gasteiger partial charge < -0.3 is 19.9 Å². The number of nitrogen functional groups attached to an aromatic ring is 1. The molecule has 2 N–H and O–H groups in total. The molecule has 0 atom stereocenters. The van der Waals surface area contributed by atoms with Crippen molar-refractivity contribution in [3.05, 3.63) is 22.2 Å². The molecule has 20 heavy (non-hydrogen) atoms. The highest BCUT2D eigenvalue weighted by molar-refractivity contribution is 9.10. The van der Waals surface area contributed by atoms with Crippen molar-refractivity contribution >= 4 is 27.6 Å². The van der Waals surface area contributed by atoms with E-state index >= 15 is 0 Å². The number of halogens is 1. The molecule has 110 valence electrons. The standard InChI is InChI=1S/C14H18BrNO4/c1-18-10-6-11(15)13(12(16)7-10)14(17)20-8-9-2-4-19-5-3-9/h6-7,9H,2-5,8,16H2,1H3. The summed E-state index contributed by atoms with van der Waals surface area (Å²) in [5.74, 6) is 0.546. The predicted molar refractivity (Wildman–Crippen MR) is 78.9 cm³/mol. The smallest absolute Gasteiger partial charge is 0.341 e. The second-order valence-corrected chi connectivity index (χ2v) is 5.58. The molecule has 1 fully saturated rings. The van der Waals surface area contributed by atoms with Crippen molar-refractivity contribution in [1.82, 2.24) is 0 Å². The molecular weight excluding hydrogens is 326 g/mol. The summed E-state index contributed by atoms with van der Waals surface area (Å²) in [6, 6.07) is 3.30. The maximum Gasteiger partial charge on any atom is 0.341 e. The summed E-state index contributed by atoms with van der Waals surface area (Å²) >= 11 is 3.32. The SMILES string of the molecule is COc1cc(N)c(C(=O)OCC2CCOCC2)c(Br)c1. The molecule has 6 heteroatoms. The molecule has 1 saturated heterocycles. The van der Waals surface area contributed by atoms with E-state index in [9.17, 15) is 4.79 Å². The van der Waals surface area contributed by atoms with Gasteiger partial charge in [0.25, 0.3) is 0 Å². The lowest BCUT2D eigenvalue weighted by atomic mass is 10.0. The van der Waals surface area contributed by atoms with E-state index < -0.39 is 5.97 Å². The van der Waals surface area contributed by atoms with Gasteiger partial charge in [-0.25, -0.2) is 4.79 Å². The quantitative estimate of drug-likeness (QED) is 0.672. The Balaban J connectivity index is 2.01. The molecule has 0 amide bonds. The van der Waals surface area contributed by atoms with Crippen molar-refractivity contribution in [3.8, 4) is 5.75 Å². The van der Waals surface area contributed by atoms with Crippen molar-refractivity contribution in [2.24, 2.45) is 5.92 Å². The Morgan fingerprint density at radius 2 is 2.15 bits per heavy atom. The number of hydrogen-bond donors (Lipinski definition) is 1. The topological polar surface area (TPSA) is 70.8 Å². The minimum atomic E-state index is -0.413. The first-order valence-electron chi connectivity index (χ1n) is 6.49. The molecule has 1 aromatic carbocycles. The van der Waals surface area contributed by atoms with Gasteiger partial charge in [-0.05, 0) is 40.8 Å². The van der Waals surface area contributed by atoms with Gasteiger partial charge >= 0.3 is 5.97 Å². The molecule has 0 saturated carbocycles. The van der Waals surface area contributed by atoms with E-state index in [0.29, 0.717) is 34.0 Å². The summed E-state index contributed by atoms with van der Waals surface area (Å²) in [4.78, 5) is 12.1. The van der Waals surface area contributed by atoms with Crippen LogP contribution >= 0.6 is 15.9 Å². The zero-order valence-electron chi connectivity index (χ0n) is 11.4. The minimum absolute atomic E-state index is 0.341. The second kappa shape index (κ2) is 6.95. The molecule has 1 aliphatic heterocycles. The number of nitrogens with two attached hydrogens (primary N) is 1. The summed E-state index contributed by atoms with van der Waals surface area (Å²) in [5, 5.41) is 0. The van der Waals surface area contributed by atoms with Gasteiger partial charge in [-0.15, -0.1) is 0 Å². The van der Waals surface area contributed by atoms with Gasteiger partial charge in [-0.1, -0.05) is 0 Å². The molecule has 0 spiro atoms. The molecule has 0 aromatic heterocycles. The second-order valence-electron chi connectivity index (χ2n) is 4.73. The molecule has 0 bridgehead atoms. The Kier molecular flexibility index (Phi) is 5.25. The van der Waals surface area contributed by atoms with Crippen LogP contribution in [-0.2, 0) is 9.47 Å². The van der Waals surface area contributed by atoms with Crippen molar-refractivity contribution in [2.75, 3.05) is 32.7 Å². The van der Waals surface area contributed by atoms with Crippen LogP contribution in [0.5, 0.6) is 5.75 Å². The average Bonchev–Trinajstić information content (AvgIpc) is 2.45. The lowest BCUT2D eigenvalue weighted by molar-refractivity contribution is 0.0186. The van der Waals surface area contributed by atoms with E-state index in [1.165, 1.54) is 0 Å². The molecule has 2 rings (SSSR count). The Morgan fingerprint density at radius 1 is 1.45 bits per heavy atom. The minimum Gasteiger partial charge on any atom is -0.497 e. The highest BCUT2D eigenvalue weighted by Crippen LogP contribution is 2.29. The molecule has 5 nitrogen and oxygen atoms in total. The van der Waals surface area contributed by atoms with Crippen molar-refractivity contribution in [1.29, 1.82) is 0 Å². The summed E-state index contributed by atoms with van der Waals surface area (Å²) < 4.78 is 16.3. The first-order chi connectivity index (χ1) is 9.61. The summed E-state index contributed by atoms with van der Waals surface area (Å²) in [6.45, 7) is 1.87. The van der Waals surface area contributed by atoms with Crippen LogP contribution in [0.15, 0.2) is 16.6 Å². The molecule has 1 aromatic rings. The fourth-order valence-electron chi connectivity index (χ4n) is 2.11. The van der Waals surface area contributed by atoms with E-state index in [-0.39, 0.29) is 0 Å². The molecule has 0 aliphatic carbocycles. The highest BCUT2D eigenvalue weighted by atomic mass is 79.9. The van der Waals surface area contributed by atoms with Gasteiger partial charge in [-0.3, -0.25) is 0 Å². The molecule has 1 heterocycles. The molecule has 1 aliphatic rings. The van der Waals surface area contributed by atoms with Crippen molar-refractivity contribution < 1.29 is 19.0 Å². The fourth-order valence-corrected chi connectivity index (χ4v) is 2.73. The number of anilines is 1. The maximum atomic E-state index is 12.1. The van der Waals surface area contributed by atoms with Crippen LogP contribution in [-0.4, -0.2) is 32.9 Å². The van der Waals surface area contributed by atoms with Crippen LogP contribution in [0.1, 0.15) is 23.2 Å². The average molecular weight is 344 g/mol. The Morgan fingerprint density at radius 3 is 2.75 bits per heavy atom. The Hall–Kier alpha value is -1.27. The summed E-state index contributed by atoms with van der Waals surface area (Å²) in [6.07, 6.45) is 1.85. The Bertz CT molecular complexity index is 463. The number of carbonyl (C=O) groups is 1. The number of hydrogen-bond acceptors (Lipinski definition) is 5. The van der Waals surface area contributed by atoms with E-state index in [0.717, 1.165) is 26.1 Å². The molecule has 0 unspecified atom stereocenters. The number of ether oxygens (including phenoxy) is 3. The van der Waals surface area contributed by atoms with Crippen molar-refractivity contribution in [2.45, 2.75) is 12.8 Å². The van der Waals surface area contributed by atoms with Gasteiger partial charge in [0, 0.05) is 23.8 Å². The summed E-state index contributed by atoms with van der Waals surface area (Å²) in [5.41, 5.74) is 6.56. The lowest BCUT2D eigenvalue weighted by Gasteiger charge is -2.21. The van der Waals surface area contributed by atoms with E-state index in [4.69, 9.17) is 19.9 Å². The predicted octanol–water partition coefficient (Wildman–Crippen LogP) is 2.62. The van der Waals surface area contributed by atoms with Crippen LogP contribution < -0.4 is 10.5 Å². The van der Waals surface area contributed by atoms with Crippen LogP contribution in [0.25, 0.3) is 0 Å². The number of methoxy groups -OCH3 is 1. The zero-order valence-corrected chi connectivity index (χ0v) is 12.9. The number of rotatable bonds is 4. The van der Waals surface area contributed by atoms with E-state index in [1.807, 2.05) is 0 Å². The van der Waals surface area contributed by atoms with Crippen LogP contribution in [0, 0.1) is 5.92 Å². The van der Waals surface area contributed by atoms with Gasteiger partial charge in [0.15, 0.2) is 0 Å². The first kappa shape index (κ1) is 15.1. The molecule has 0 radical (unpaired) electrons. The normalized spacial score (nSPS) is 15.9. The number of carbonyl (C=O) groups excluding carboxylic acids is 1. The monoisotopic (exact) mass is 343 g/mol. The zero-order chi connectivity index (χ0) is 14.5. The fraction of sp³-hybridized carbons (Fsp3) is 0.500. The Labute approximate surface area is 126 Å². The first-order valence-corrected chi connectivity index (χ1v) is 7.29. The molecular formula is C14H18BrNO4. The van der Waals surface area contributed by atoms with Crippen LogP contribution in [0.2, 0.25) is 0 Å². The number of esters is 1. The lowest BCUT2D eigenvalue weighted by Crippen LogP contribution is -2.22. The van der Waals surface area contributed by atoms with Gasteiger partial charge in [0.2, 0.25) is 0 Å². The number of benzene rings is 1. The van der Waals surface area contributed by atoms with E-state index in [1.54, 1.807) is 19.2 Å². The maximum absolute atomic E-state index is 12.1. The van der Waals surface area contributed by atoms with Crippen LogP contribution in [0.3, 0.4) is 0 Å². The third-order valence-corrected chi connectivity index (χ3v) is 3.95. The summed E-state index contributed by atoms with van der Waals surface area (Å²) in [7, 11) is 1.55. The van der Waals surface area contributed by atoms with Crippen LogP contribution in [0.4, 0.5) is 5.69 Å². The van der Waals surface area contributed by atoms with Gasteiger partial charge in [0.1, 0.15) is 5.75 Å². The van der Waals surface area contributed by atoms with Gasteiger partial charge in [-0.2, -0.15) is 0 Å².